The van der Waals surface area contributed by atoms with E-state index in [1.165, 1.54) is 22.9 Å². The Balaban J connectivity index is 2.13. The van der Waals surface area contributed by atoms with Gasteiger partial charge in [-0.05, 0) is 24.6 Å². The van der Waals surface area contributed by atoms with Crippen molar-refractivity contribution in [1.82, 2.24) is 19.6 Å². The van der Waals surface area contributed by atoms with Crippen LogP contribution in [-0.2, 0) is 10.0 Å². The number of sulfonamides is 1. The molecule has 0 aliphatic heterocycles. The van der Waals surface area contributed by atoms with E-state index < -0.39 is 10.0 Å². The number of amides is 1. The third kappa shape index (κ3) is 4.40. The number of hydrogen-bond donors (Lipinski definition) is 1. The second-order valence-corrected chi connectivity index (χ2v) is 7.38. The van der Waals surface area contributed by atoms with Crippen molar-refractivity contribution in [2.75, 3.05) is 13.1 Å². The quantitative estimate of drug-likeness (QED) is 0.813. The first kappa shape index (κ1) is 19.0. The van der Waals surface area contributed by atoms with Gasteiger partial charge in [-0.2, -0.15) is 4.31 Å². The highest BCUT2D eigenvalue weighted by Crippen LogP contribution is 2.19. The molecule has 0 radical (unpaired) electrons. The molecule has 1 unspecified atom stereocenters. The highest BCUT2D eigenvalue weighted by molar-refractivity contribution is 7.89. The van der Waals surface area contributed by atoms with Crippen molar-refractivity contribution >= 4 is 15.9 Å². The zero-order valence-electron chi connectivity index (χ0n) is 14.5. The maximum absolute atomic E-state index is 12.5. The van der Waals surface area contributed by atoms with Crippen LogP contribution in [0.4, 0.5) is 0 Å². The molecule has 8 heteroatoms. The molecule has 0 spiro atoms. The number of rotatable bonds is 7. The van der Waals surface area contributed by atoms with E-state index in [2.05, 4.69) is 15.3 Å². The minimum atomic E-state index is -3.48. The molecule has 0 aliphatic rings. The van der Waals surface area contributed by atoms with Gasteiger partial charge in [0.1, 0.15) is 5.69 Å². The Bertz CT molecular complexity index is 804. The molecule has 0 saturated heterocycles. The van der Waals surface area contributed by atoms with Gasteiger partial charge < -0.3 is 5.32 Å². The van der Waals surface area contributed by atoms with Gasteiger partial charge in [-0.15, -0.1) is 0 Å². The molecule has 2 rings (SSSR count). The van der Waals surface area contributed by atoms with Crippen LogP contribution >= 0.6 is 0 Å². The summed E-state index contributed by atoms with van der Waals surface area (Å²) in [4.78, 5) is 20.2. The summed E-state index contributed by atoms with van der Waals surface area (Å²) in [6.07, 6.45) is 4.34. The predicted molar refractivity (Wildman–Crippen MR) is 94.5 cm³/mol. The van der Waals surface area contributed by atoms with Crippen molar-refractivity contribution in [2.24, 2.45) is 0 Å². The van der Waals surface area contributed by atoms with Crippen LogP contribution in [0.1, 0.15) is 42.9 Å². The third-order valence-electron chi connectivity index (χ3n) is 3.87. The summed E-state index contributed by atoms with van der Waals surface area (Å²) in [6, 6.07) is 6.25. The van der Waals surface area contributed by atoms with E-state index >= 15 is 0 Å². The Kier molecular flexibility index (Phi) is 6.22. The van der Waals surface area contributed by atoms with Crippen molar-refractivity contribution in [3.8, 4) is 0 Å². The lowest BCUT2D eigenvalue weighted by atomic mass is 10.1. The highest BCUT2D eigenvalue weighted by Gasteiger charge is 2.21. The smallest absolute Gasteiger partial charge is 0.271 e. The van der Waals surface area contributed by atoms with Crippen LogP contribution < -0.4 is 5.32 Å². The van der Waals surface area contributed by atoms with Crippen LogP contribution in [0.25, 0.3) is 0 Å². The minimum absolute atomic E-state index is 0.232. The molecule has 1 N–H and O–H groups in total. The summed E-state index contributed by atoms with van der Waals surface area (Å²) >= 11 is 0. The maximum Gasteiger partial charge on any atom is 0.271 e. The molecule has 2 aromatic rings. The van der Waals surface area contributed by atoms with E-state index in [1.807, 2.05) is 6.92 Å². The number of benzene rings is 1. The highest BCUT2D eigenvalue weighted by atomic mass is 32.2. The van der Waals surface area contributed by atoms with E-state index in [1.54, 1.807) is 38.1 Å². The molecule has 1 amide bonds. The van der Waals surface area contributed by atoms with Gasteiger partial charge in [0.15, 0.2) is 0 Å². The van der Waals surface area contributed by atoms with Crippen LogP contribution in [0.3, 0.4) is 0 Å². The Hall–Kier alpha value is -2.32. The summed E-state index contributed by atoms with van der Waals surface area (Å²) in [7, 11) is -3.48. The SMILES string of the molecule is CCN(CC)S(=O)(=O)c1ccc(C(C)NC(=O)c2cnccn2)cc1. The Labute approximate surface area is 148 Å². The Morgan fingerprint density at radius 3 is 2.32 bits per heavy atom. The van der Waals surface area contributed by atoms with Crippen LogP contribution in [-0.4, -0.2) is 41.7 Å². The molecule has 134 valence electrons. The first-order chi connectivity index (χ1) is 11.9. The molecule has 25 heavy (non-hydrogen) atoms. The molecule has 1 aromatic heterocycles. The van der Waals surface area contributed by atoms with Crippen LogP contribution in [0, 0.1) is 0 Å². The molecule has 0 fully saturated rings. The van der Waals surface area contributed by atoms with Gasteiger partial charge in [0.25, 0.3) is 5.91 Å². The van der Waals surface area contributed by atoms with Crippen molar-refractivity contribution in [3.63, 3.8) is 0 Å². The lowest BCUT2D eigenvalue weighted by Crippen LogP contribution is -2.30. The number of nitrogens with zero attached hydrogens (tertiary/aromatic N) is 3. The Morgan fingerprint density at radius 1 is 1.16 bits per heavy atom. The van der Waals surface area contributed by atoms with Crippen LogP contribution in [0.5, 0.6) is 0 Å². The van der Waals surface area contributed by atoms with E-state index in [0.29, 0.717) is 13.1 Å². The number of nitrogens with one attached hydrogen (secondary N) is 1. The first-order valence-corrected chi connectivity index (χ1v) is 9.51. The first-order valence-electron chi connectivity index (χ1n) is 8.07. The largest absolute Gasteiger partial charge is 0.344 e. The van der Waals surface area contributed by atoms with Gasteiger partial charge in [0.2, 0.25) is 10.0 Å². The minimum Gasteiger partial charge on any atom is -0.344 e. The van der Waals surface area contributed by atoms with Crippen molar-refractivity contribution in [1.29, 1.82) is 0 Å². The number of carbonyl (C=O) groups excluding carboxylic acids is 1. The molecule has 7 nitrogen and oxygen atoms in total. The van der Waals surface area contributed by atoms with Crippen molar-refractivity contribution in [2.45, 2.75) is 31.7 Å². The summed E-state index contributed by atoms with van der Waals surface area (Å²) in [5, 5.41) is 2.81. The molecular weight excluding hydrogens is 340 g/mol. The lowest BCUT2D eigenvalue weighted by Gasteiger charge is -2.19. The van der Waals surface area contributed by atoms with Crippen LogP contribution in [0.15, 0.2) is 47.8 Å². The fraction of sp³-hybridized carbons (Fsp3) is 0.353. The fourth-order valence-corrected chi connectivity index (χ4v) is 3.87. The number of carbonyl (C=O) groups is 1. The van der Waals surface area contributed by atoms with Gasteiger partial charge in [-0.3, -0.25) is 9.78 Å². The topological polar surface area (TPSA) is 92.3 Å². The second kappa shape index (κ2) is 8.17. The number of aromatic nitrogens is 2. The van der Waals surface area contributed by atoms with Gasteiger partial charge in [-0.25, -0.2) is 13.4 Å². The molecule has 0 bridgehead atoms. The van der Waals surface area contributed by atoms with Crippen molar-refractivity contribution in [3.05, 3.63) is 54.1 Å². The lowest BCUT2D eigenvalue weighted by molar-refractivity contribution is 0.0934. The predicted octanol–water partition coefficient (Wildman–Crippen LogP) is 2.00. The monoisotopic (exact) mass is 362 g/mol. The standard InChI is InChI=1S/C17H22N4O3S/c1-4-21(5-2)25(23,24)15-8-6-14(7-9-15)13(3)20-17(22)16-12-18-10-11-19-16/h6-13H,4-5H2,1-3H3,(H,20,22). The summed E-state index contributed by atoms with van der Waals surface area (Å²) in [5.74, 6) is -0.333. The second-order valence-electron chi connectivity index (χ2n) is 5.44. The van der Waals surface area contributed by atoms with Gasteiger partial charge in [0, 0.05) is 25.5 Å². The Morgan fingerprint density at radius 2 is 1.80 bits per heavy atom. The fourth-order valence-electron chi connectivity index (χ4n) is 2.41. The molecule has 0 saturated carbocycles. The molecule has 1 aromatic carbocycles. The van der Waals surface area contributed by atoms with Gasteiger partial charge in [0.05, 0.1) is 17.1 Å². The molecule has 1 heterocycles. The summed E-state index contributed by atoms with van der Waals surface area (Å²) in [6.45, 7) is 6.28. The normalized spacial score (nSPS) is 12.8. The average molecular weight is 362 g/mol. The average Bonchev–Trinajstić information content (AvgIpc) is 2.63. The van der Waals surface area contributed by atoms with Crippen LogP contribution in [0.2, 0.25) is 0 Å². The zero-order valence-corrected chi connectivity index (χ0v) is 15.3. The number of hydrogen-bond acceptors (Lipinski definition) is 5. The summed E-state index contributed by atoms with van der Waals surface area (Å²) in [5.41, 5.74) is 1.03. The molecule has 1 atom stereocenters. The maximum atomic E-state index is 12.5. The van der Waals surface area contributed by atoms with Crippen molar-refractivity contribution < 1.29 is 13.2 Å². The van der Waals surface area contributed by atoms with E-state index in [4.69, 9.17) is 0 Å². The molecule has 0 aliphatic carbocycles. The van der Waals surface area contributed by atoms with E-state index in [0.717, 1.165) is 5.56 Å². The third-order valence-corrected chi connectivity index (χ3v) is 5.93. The zero-order chi connectivity index (χ0) is 18.4. The van der Waals surface area contributed by atoms with E-state index in [-0.39, 0.29) is 22.5 Å². The molecular formula is C17H22N4O3S. The van der Waals surface area contributed by atoms with Gasteiger partial charge >= 0.3 is 0 Å². The van der Waals surface area contributed by atoms with Gasteiger partial charge in [-0.1, -0.05) is 26.0 Å². The summed E-state index contributed by atoms with van der Waals surface area (Å²) < 4.78 is 26.4. The van der Waals surface area contributed by atoms with E-state index in [9.17, 15) is 13.2 Å².